The Morgan fingerprint density at radius 2 is 1.95 bits per heavy atom. The van der Waals surface area contributed by atoms with E-state index in [1.807, 2.05) is 24.3 Å². The van der Waals surface area contributed by atoms with Crippen molar-refractivity contribution in [3.8, 4) is 18.1 Å². The lowest BCUT2D eigenvalue weighted by Gasteiger charge is -2.38. The molecule has 1 aromatic carbocycles. The second-order valence-electron chi connectivity index (χ2n) is 6.56. The van der Waals surface area contributed by atoms with Crippen molar-refractivity contribution in [2.45, 2.75) is 45.0 Å². The molecule has 2 nitrogen and oxygen atoms in total. The zero-order valence-electron chi connectivity index (χ0n) is 13.8. The molecule has 3 heteroatoms. The fraction of sp³-hybridized carbons (Fsp3) is 0.444. The largest absolute Gasteiger partial charge is 0.489 e. The van der Waals surface area contributed by atoms with Crippen molar-refractivity contribution in [2.75, 3.05) is 6.61 Å². The Morgan fingerprint density at radius 3 is 2.48 bits per heavy atom. The van der Waals surface area contributed by atoms with Gasteiger partial charge in [0.25, 0.3) is 0 Å². The lowest BCUT2D eigenvalue weighted by atomic mass is 10.1. The molecule has 0 spiro atoms. The van der Waals surface area contributed by atoms with Crippen LogP contribution in [0, 0.1) is 12.3 Å². The molecule has 1 unspecified atom stereocenters. The van der Waals surface area contributed by atoms with Gasteiger partial charge in [-0.25, -0.2) is 0 Å². The van der Waals surface area contributed by atoms with E-state index < -0.39 is 8.32 Å². The molecular formula is C18H26O2Si. The summed E-state index contributed by atoms with van der Waals surface area (Å²) in [5.41, 5.74) is 0.909. The van der Waals surface area contributed by atoms with E-state index in [9.17, 15) is 0 Å². The average Bonchev–Trinajstić information content (AvgIpc) is 2.41. The highest BCUT2D eigenvalue weighted by molar-refractivity contribution is 6.74. The highest BCUT2D eigenvalue weighted by Gasteiger charge is 2.39. The molecular weight excluding hydrogens is 276 g/mol. The van der Waals surface area contributed by atoms with Gasteiger partial charge in [-0.3, -0.25) is 0 Å². The molecule has 0 amide bonds. The minimum atomic E-state index is -1.94. The summed E-state index contributed by atoms with van der Waals surface area (Å²) >= 11 is 0. The first-order chi connectivity index (χ1) is 9.73. The molecule has 0 saturated heterocycles. The van der Waals surface area contributed by atoms with Crippen molar-refractivity contribution < 1.29 is 9.16 Å². The van der Waals surface area contributed by atoms with E-state index in [4.69, 9.17) is 15.6 Å². The van der Waals surface area contributed by atoms with E-state index in [1.165, 1.54) is 0 Å². The molecule has 114 valence electrons. The summed E-state index contributed by atoms with van der Waals surface area (Å²) in [7, 11) is -1.94. The number of benzene rings is 1. The van der Waals surface area contributed by atoms with Crippen LogP contribution in [-0.4, -0.2) is 14.9 Å². The quantitative estimate of drug-likeness (QED) is 0.420. The molecule has 0 radical (unpaired) electrons. The highest BCUT2D eigenvalue weighted by atomic mass is 28.4. The summed E-state index contributed by atoms with van der Waals surface area (Å²) in [4.78, 5) is 0. The van der Waals surface area contributed by atoms with Gasteiger partial charge in [0, 0.05) is 5.56 Å². The molecule has 1 rings (SSSR count). The first-order valence-electron chi connectivity index (χ1n) is 7.19. The van der Waals surface area contributed by atoms with Crippen LogP contribution in [0.4, 0.5) is 0 Å². The number of rotatable bonds is 6. The maximum Gasteiger partial charge on any atom is 0.194 e. The van der Waals surface area contributed by atoms with Gasteiger partial charge < -0.3 is 9.16 Å². The SMILES string of the molecule is C#CC(O[Si](C)(C)C(C)(C)C)c1ccccc1OCC=C. The molecule has 1 atom stereocenters. The van der Waals surface area contributed by atoms with Crippen LogP contribution < -0.4 is 4.74 Å². The van der Waals surface area contributed by atoms with Gasteiger partial charge in [-0.15, -0.1) is 6.42 Å². The predicted octanol–water partition coefficient (Wildman–Crippen LogP) is 4.95. The molecule has 0 fully saturated rings. The van der Waals surface area contributed by atoms with Crippen molar-refractivity contribution in [1.82, 2.24) is 0 Å². The van der Waals surface area contributed by atoms with E-state index in [0.29, 0.717) is 6.61 Å². The fourth-order valence-corrected chi connectivity index (χ4v) is 2.77. The highest BCUT2D eigenvalue weighted by Crippen LogP contribution is 2.40. The third kappa shape index (κ3) is 4.49. The van der Waals surface area contributed by atoms with Crippen LogP contribution in [0.15, 0.2) is 36.9 Å². The maximum atomic E-state index is 6.36. The zero-order chi connectivity index (χ0) is 16.1. The van der Waals surface area contributed by atoms with Crippen LogP contribution >= 0.6 is 0 Å². The van der Waals surface area contributed by atoms with E-state index in [2.05, 4.69) is 46.4 Å². The number of terminal acetylenes is 1. The summed E-state index contributed by atoms with van der Waals surface area (Å²) in [6, 6.07) is 7.77. The smallest absolute Gasteiger partial charge is 0.194 e. The van der Waals surface area contributed by atoms with Gasteiger partial charge in [0.15, 0.2) is 8.32 Å². The molecule has 0 aliphatic carbocycles. The molecule has 0 aromatic heterocycles. The van der Waals surface area contributed by atoms with E-state index in [0.717, 1.165) is 11.3 Å². The minimum absolute atomic E-state index is 0.110. The van der Waals surface area contributed by atoms with Gasteiger partial charge in [0.05, 0.1) is 0 Å². The van der Waals surface area contributed by atoms with Crippen LogP contribution in [-0.2, 0) is 4.43 Å². The summed E-state index contributed by atoms with van der Waals surface area (Å²) in [6.07, 6.45) is 7.06. The van der Waals surface area contributed by atoms with Crippen LogP contribution in [0.25, 0.3) is 0 Å². The standard InChI is InChI=1S/C18H26O2Si/c1-8-14-19-17-13-11-10-12-15(17)16(9-2)20-21(6,7)18(3,4)5/h2,8,10-13,16H,1,14H2,3-7H3. The summed E-state index contributed by atoms with van der Waals surface area (Å²) in [5.74, 6) is 3.53. The number of para-hydroxylation sites is 1. The molecule has 0 bridgehead atoms. The third-order valence-electron chi connectivity index (χ3n) is 3.93. The Labute approximate surface area is 130 Å². The number of hydrogen-bond acceptors (Lipinski definition) is 2. The third-order valence-corrected chi connectivity index (χ3v) is 8.37. The average molecular weight is 302 g/mol. The van der Waals surface area contributed by atoms with Crippen molar-refractivity contribution in [2.24, 2.45) is 0 Å². The van der Waals surface area contributed by atoms with Crippen molar-refractivity contribution in [3.05, 3.63) is 42.5 Å². The normalized spacial score (nSPS) is 13.3. The van der Waals surface area contributed by atoms with E-state index in [1.54, 1.807) is 6.08 Å². The second-order valence-corrected chi connectivity index (χ2v) is 11.3. The molecule has 0 heterocycles. The maximum absolute atomic E-state index is 6.36. The van der Waals surface area contributed by atoms with Crippen LogP contribution in [0.2, 0.25) is 18.1 Å². The molecule has 21 heavy (non-hydrogen) atoms. The van der Waals surface area contributed by atoms with Gasteiger partial charge in [0.2, 0.25) is 0 Å². The minimum Gasteiger partial charge on any atom is -0.489 e. The van der Waals surface area contributed by atoms with Crippen molar-refractivity contribution in [3.63, 3.8) is 0 Å². The summed E-state index contributed by atoms with van der Waals surface area (Å²) in [5, 5.41) is 0.110. The molecule has 0 aliphatic rings. The lowest BCUT2D eigenvalue weighted by molar-refractivity contribution is 0.231. The van der Waals surface area contributed by atoms with Gasteiger partial charge in [-0.2, -0.15) is 0 Å². The Kier molecular flexibility index (Phi) is 5.83. The van der Waals surface area contributed by atoms with Crippen LogP contribution in [0.3, 0.4) is 0 Å². The first kappa shape index (κ1) is 17.5. The van der Waals surface area contributed by atoms with Gasteiger partial charge >= 0.3 is 0 Å². The second kappa shape index (κ2) is 6.97. The summed E-state index contributed by atoms with van der Waals surface area (Å²) < 4.78 is 12.0. The monoisotopic (exact) mass is 302 g/mol. The predicted molar refractivity (Wildman–Crippen MR) is 92.0 cm³/mol. The van der Waals surface area contributed by atoms with Crippen LogP contribution in [0.5, 0.6) is 5.75 Å². The van der Waals surface area contributed by atoms with Crippen molar-refractivity contribution >= 4 is 8.32 Å². The van der Waals surface area contributed by atoms with Crippen LogP contribution in [0.1, 0.15) is 32.4 Å². The molecule has 0 N–H and O–H groups in total. The zero-order valence-corrected chi connectivity index (χ0v) is 14.8. The molecule has 0 aliphatic heterocycles. The topological polar surface area (TPSA) is 18.5 Å². The molecule has 1 aromatic rings. The lowest BCUT2D eigenvalue weighted by Crippen LogP contribution is -2.41. The van der Waals surface area contributed by atoms with E-state index >= 15 is 0 Å². The number of ether oxygens (including phenoxy) is 1. The Balaban J connectivity index is 3.07. The Morgan fingerprint density at radius 1 is 1.33 bits per heavy atom. The van der Waals surface area contributed by atoms with Gasteiger partial charge in [-0.1, -0.05) is 57.5 Å². The molecule has 0 saturated carbocycles. The Hall–Kier alpha value is -1.50. The van der Waals surface area contributed by atoms with Gasteiger partial charge in [0.1, 0.15) is 18.5 Å². The number of hydrogen-bond donors (Lipinski definition) is 0. The Bertz CT molecular complexity index is 521. The van der Waals surface area contributed by atoms with Crippen molar-refractivity contribution in [1.29, 1.82) is 0 Å². The first-order valence-corrected chi connectivity index (χ1v) is 10.1. The fourth-order valence-electron chi connectivity index (χ4n) is 1.64. The van der Waals surface area contributed by atoms with E-state index in [-0.39, 0.29) is 11.1 Å². The van der Waals surface area contributed by atoms with Gasteiger partial charge in [-0.05, 0) is 24.2 Å². The summed E-state index contributed by atoms with van der Waals surface area (Å²) in [6.45, 7) is 15.1.